The van der Waals surface area contributed by atoms with Crippen molar-refractivity contribution in [3.05, 3.63) is 28.0 Å². The summed E-state index contributed by atoms with van der Waals surface area (Å²) in [5.41, 5.74) is 0.986. The molecule has 0 bridgehead atoms. The second kappa shape index (κ2) is 11.9. The van der Waals surface area contributed by atoms with Crippen LogP contribution in [0.15, 0.2) is 23.2 Å². The maximum absolute atomic E-state index is 12.5. The smallest absolute Gasteiger partial charge is 0.258 e. The fourth-order valence-corrected chi connectivity index (χ4v) is 5.47. The van der Waals surface area contributed by atoms with Crippen LogP contribution in [0.25, 0.3) is 10.2 Å². The van der Waals surface area contributed by atoms with E-state index in [1.807, 2.05) is 34.6 Å². The number of carbonyl (C=O) groups is 2. The van der Waals surface area contributed by atoms with Gasteiger partial charge >= 0.3 is 0 Å². The molecule has 0 radical (unpaired) electrons. The Kier molecular flexibility index (Phi) is 9.24. The third-order valence-corrected chi connectivity index (χ3v) is 7.12. The van der Waals surface area contributed by atoms with Crippen LogP contribution in [0.1, 0.15) is 32.6 Å². The molecule has 3 rings (SSSR count). The van der Waals surface area contributed by atoms with E-state index in [1.165, 1.54) is 35.9 Å². The van der Waals surface area contributed by atoms with Crippen molar-refractivity contribution >= 4 is 56.7 Å². The van der Waals surface area contributed by atoms with Crippen molar-refractivity contribution in [2.75, 3.05) is 37.8 Å². The normalized spacial score (nSPS) is 15.5. The lowest BCUT2D eigenvalue weighted by Gasteiger charge is -2.19. The first-order chi connectivity index (χ1) is 14.6. The van der Waals surface area contributed by atoms with Crippen LogP contribution >= 0.6 is 34.7 Å². The minimum absolute atomic E-state index is 0.123. The summed E-state index contributed by atoms with van der Waals surface area (Å²) in [6.07, 6.45) is 4.53. The molecule has 30 heavy (non-hydrogen) atoms. The van der Waals surface area contributed by atoms with Gasteiger partial charge in [0.1, 0.15) is 0 Å². The van der Waals surface area contributed by atoms with Gasteiger partial charge in [0.05, 0.1) is 28.3 Å². The zero-order valence-corrected chi connectivity index (χ0v) is 19.7. The molecule has 164 valence electrons. The number of thioether (sulfide) groups is 1. The van der Waals surface area contributed by atoms with E-state index in [1.54, 1.807) is 0 Å². The summed E-state index contributed by atoms with van der Waals surface area (Å²) in [7, 11) is 0. The Labute approximate surface area is 190 Å². The average Bonchev–Trinajstić information content (AvgIpc) is 2.89. The molecule has 0 unspecified atom stereocenters. The number of likely N-dealkylation sites (tertiary alicyclic amines) is 1. The lowest BCUT2D eigenvalue weighted by Crippen LogP contribution is -2.33. The van der Waals surface area contributed by atoms with Crippen LogP contribution in [0, 0.1) is 0 Å². The number of nitrogens with zero attached hydrogens (tertiary/aromatic N) is 3. The maximum Gasteiger partial charge on any atom is 0.258 e. The molecule has 2 heterocycles. The van der Waals surface area contributed by atoms with Gasteiger partial charge in [-0.3, -0.25) is 9.59 Å². The summed E-state index contributed by atoms with van der Waals surface area (Å²) in [6, 6.07) is 5.67. The summed E-state index contributed by atoms with van der Waals surface area (Å²) >= 11 is 8.90. The van der Waals surface area contributed by atoms with Crippen LogP contribution in [0.2, 0.25) is 5.02 Å². The SMILES string of the molecule is CCOCCn1c(=NC(=O)CSCC(=O)N2CCCCCC2)sc2cc(Cl)ccc21. The second-order valence-electron chi connectivity index (χ2n) is 7.14. The molecule has 1 saturated heterocycles. The molecule has 1 aliphatic heterocycles. The number of aromatic nitrogens is 1. The second-order valence-corrected chi connectivity index (χ2v) is 9.57. The van der Waals surface area contributed by atoms with Gasteiger partial charge in [-0.05, 0) is 38.0 Å². The molecule has 0 atom stereocenters. The Balaban J connectivity index is 1.65. The monoisotopic (exact) mass is 469 g/mol. The van der Waals surface area contributed by atoms with Crippen LogP contribution in [0.4, 0.5) is 0 Å². The highest BCUT2D eigenvalue weighted by molar-refractivity contribution is 8.00. The molecule has 0 N–H and O–H groups in total. The number of thiazole rings is 1. The van der Waals surface area contributed by atoms with E-state index in [-0.39, 0.29) is 17.6 Å². The van der Waals surface area contributed by atoms with Gasteiger partial charge in [0.2, 0.25) is 5.91 Å². The van der Waals surface area contributed by atoms with Crippen LogP contribution in [0.3, 0.4) is 0 Å². The van der Waals surface area contributed by atoms with Crippen molar-refractivity contribution < 1.29 is 14.3 Å². The number of rotatable bonds is 8. The third-order valence-electron chi connectivity index (χ3n) is 4.94. The van der Waals surface area contributed by atoms with Crippen molar-refractivity contribution in [1.29, 1.82) is 0 Å². The molecule has 0 aliphatic carbocycles. The van der Waals surface area contributed by atoms with Crippen molar-refractivity contribution in [2.24, 2.45) is 4.99 Å². The molecule has 1 fully saturated rings. The van der Waals surface area contributed by atoms with Crippen molar-refractivity contribution in [3.63, 3.8) is 0 Å². The van der Waals surface area contributed by atoms with E-state index in [0.717, 1.165) is 36.1 Å². The molecule has 0 spiro atoms. The Bertz CT molecular complexity index is 933. The Morgan fingerprint density at radius 1 is 1.20 bits per heavy atom. The molecule has 0 saturated carbocycles. The zero-order chi connectivity index (χ0) is 21.3. The molecule has 2 aromatic rings. The Morgan fingerprint density at radius 2 is 1.97 bits per heavy atom. The summed E-state index contributed by atoms with van der Waals surface area (Å²) in [4.78, 5) is 31.7. The van der Waals surface area contributed by atoms with E-state index < -0.39 is 0 Å². The summed E-state index contributed by atoms with van der Waals surface area (Å²) in [5, 5.41) is 0.654. The molecule has 1 aromatic carbocycles. The average molecular weight is 470 g/mol. The predicted octanol–water partition coefficient (Wildman–Crippen LogP) is 3.96. The highest BCUT2D eigenvalue weighted by Crippen LogP contribution is 2.22. The fraction of sp³-hybridized carbons (Fsp3) is 0.571. The van der Waals surface area contributed by atoms with E-state index in [2.05, 4.69) is 4.99 Å². The summed E-state index contributed by atoms with van der Waals surface area (Å²) < 4.78 is 8.46. The first-order valence-electron chi connectivity index (χ1n) is 10.4. The molecule has 1 aliphatic rings. The number of halogens is 1. The highest BCUT2D eigenvalue weighted by Gasteiger charge is 2.16. The zero-order valence-electron chi connectivity index (χ0n) is 17.3. The maximum atomic E-state index is 12.5. The van der Waals surface area contributed by atoms with Crippen LogP contribution in [-0.4, -0.2) is 59.1 Å². The topological polar surface area (TPSA) is 63.9 Å². The van der Waals surface area contributed by atoms with Gasteiger partial charge in [-0.2, -0.15) is 4.99 Å². The number of carbonyl (C=O) groups excluding carboxylic acids is 2. The van der Waals surface area contributed by atoms with Gasteiger partial charge in [0, 0.05) is 31.3 Å². The number of hydrogen-bond donors (Lipinski definition) is 0. The van der Waals surface area contributed by atoms with Gasteiger partial charge < -0.3 is 14.2 Å². The molecule has 1 aromatic heterocycles. The number of ether oxygens (including phenoxy) is 1. The summed E-state index contributed by atoms with van der Waals surface area (Å²) in [5.74, 6) is 0.415. The fourth-order valence-electron chi connectivity index (χ4n) is 3.42. The van der Waals surface area contributed by atoms with Gasteiger partial charge in [-0.1, -0.05) is 35.8 Å². The molecule has 9 heteroatoms. The number of benzene rings is 1. The Hall–Kier alpha value is -1.35. The van der Waals surface area contributed by atoms with Crippen LogP contribution in [-0.2, 0) is 20.9 Å². The van der Waals surface area contributed by atoms with Crippen LogP contribution < -0.4 is 4.80 Å². The predicted molar refractivity (Wildman–Crippen MR) is 124 cm³/mol. The third kappa shape index (κ3) is 6.57. The number of fused-ring (bicyclic) bond motifs is 1. The van der Waals surface area contributed by atoms with Gasteiger partial charge in [-0.25, -0.2) is 0 Å². The minimum Gasteiger partial charge on any atom is -0.380 e. The molecular weight excluding hydrogens is 442 g/mol. The quantitative estimate of drug-likeness (QED) is 0.549. The highest BCUT2D eigenvalue weighted by atomic mass is 35.5. The van der Waals surface area contributed by atoms with E-state index in [0.29, 0.717) is 35.3 Å². The number of hydrogen-bond acceptors (Lipinski definition) is 5. The van der Waals surface area contributed by atoms with Gasteiger partial charge in [-0.15, -0.1) is 11.8 Å². The number of amides is 2. The molecular formula is C21H28ClN3O3S2. The van der Waals surface area contributed by atoms with E-state index in [4.69, 9.17) is 16.3 Å². The largest absolute Gasteiger partial charge is 0.380 e. The first-order valence-corrected chi connectivity index (χ1v) is 12.7. The molecule has 2 amide bonds. The minimum atomic E-state index is -0.230. The lowest BCUT2D eigenvalue weighted by atomic mass is 10.2. The molecule has 6 nitrogen and oxygen atoms in total. The standard InChI is InChI=1S/C21H28ClN3O3S2/c1-2-28-12-11-25-17-8-7-16(22)13-18(17)30-21(25)23-19(26)14-29-15-20(27)24-9-5-3-4-6-10-24/h7-8,13H,2-6,9-12,14-15H2,1H3. The van der Waals surface area contributed by atoms with Crippen molar-refractivity contribution in [3.8, 4) is 0 Å². The van der Waals surface area contributed by atoms with E-state index >= 15 is 0 Å². The van der Waals surface area contributed by atoms with Gasteiger partial charge in [0.25, 0.3) is 5.91 Å². The Morgan fingerprint density at radius 3 is 2.70 bits per heavy atom. The first kappa shape index (κ1) is 23.3. The van der Waals surface area contributed by atoms with Crippen molar-refractivity contribution in [2.45, 2.75) is 39.2 Å². The van der Waals surface area contributed by atoms with Crippen LogP contribution in [0.5, 0.6) is 0 Å². The summed E-state index contributed by atoms with van der Waals surface area (Å²) in [6.45, 7) is 5.42. The van der Waals surface area contributed by atoms with Crippen molar-refractivity contribution in [1.82, 2.24) is 9.47 Å². The van der Waals surface area contributed by atoms with Gasteiger partial charge in [0.15, 0.2) is 4.80 Å². The lowest BCUT2D eigenvalue weighted by molar-refractivity contribution is -0.128. The van der Waals surface area contributed by atoms with E-state index in [9.17, 15) is 9.59 Å².